The number of ether oxygens (including phenoxy) is 1. The van der Waals surface area contributed by atoms with E-state index in [9.17, 15) is 4.79 Å². The third-order valence-corrected chi connectivity index (χ3v) is 5.16. The molecule has 2 aromatic rings. The van der Waals surface area contributed by atoms with Crippen LogP contribution in [-0.4, -0.2) is 36.0 Å². The van der Waals surface area contributed by atoms with Crippen molar-refractivity contribution in [1.29, 1.82) is 0 Å². The zero-order valence-corrected chi connectivity index (χ0v) is 15.6. The number of fused-ring (bicyclic) bond motifs is 2. The first-order chi connectivity index (χ1) is 12.3. The molecule has 4 nitrogen and oxygen atoms in total. The highest BCUT2D eigenvalue weighted by Crippen LogP contribution is 2.22. The van der Waals surface area contributed by atoms with Crippen LogP contribution < -0.4 is 10.1 Å². The van der Waals surface area contributed by atoms with Crippen LogP contribution in [0.1, 0.15) is 35.2 Å². The van der Waals surface area contributed by atoms with Gasteiger partial charge >= 0.3 is 0 Å². The van der Waals surface area contributed by atoms with E-state index in [4.69, 9.17) is 4.74 Å². The van der Waals surface area contributed by atoms with Gasteiger partial charge in [-0.05, 0) is 49.1 Å². The molecule has 2 aliphatic rings. The van der Waals surface area contributed by atoms with Gasteiger partial charge in [0.05, 0.1) is 0 Å². The summed E-state index contributed by atoms with van der Waals surface area (Å²) in [4.78, 5) is 14.8. The monoisotopic (exact) mass is 372 g/mol. The van der Waals surface area contributed by atoms with E-state index in [1.165, 1.54) is 12.8 Å². The molecule has 0 spiro atoms. The van der Waals surface area contributed by atoms with Gasteiger partial charge in [0.1, 0.15) is 12.4 Å². The molecule has 0 saturated carbocycles. The Morgan fingerprint density at radius 2 is 1.73 bits per heavy atom. The molecule has 138 valence electrons. The summed E-state index contributed by atoms with van der Waals surface area (Å²) >= 11 is 0. The van der Waals surface area contributed by atoms with E-state index >= 15 is 0 Å². The van der Waals surface area contributed by atoms with Crippen LogP contribution in [0.2, 0.25) is 0 Å². The number of amides is 1. The van der Waals surface area contributed by atoms with Crippen LogP contribution in [-0.2, 0) is 6.61 Å². The quantitative estimate of drug-likeness (QED) is 0.890. The molecule has 1 N–H and O–H groups in total. The summed E-state index contributed by atoms with van der Waals surface area (Å²) in [5, 5.41) is 3.62. The molecule has 2 bridgehead atoms. The maximum atomic E-state index is 12.8. The highest BCUT2D eigenvalue weighted by molar-refractivity contribution is 5.94. The molecule has 26 heavy (non-hydrogen) atoms. The van der Waals surface area contributed by atoms with Gasteiger partial charge in [-0.2, -0.15) is 0 Å². The lowest BCUT2D eigenvalue weighted by Gasteiger charge is -2.24. The zero-order valence-electron chi connectivity index (χ0n) is 14.8. The smallest absolute Gasteiger partial charge is 0.253 e. The number of nitrogens with zero attached hydrogens (tertiary/aromatic N) is 1. The molecule has 2 aromatic carbocycles. The number of halogens is 1. The number of para-hydroxylation sites is 1. The fourth-order valence-electron chi connectivity index (χ4n) is 3.74. The van der Waals surface area contributed by atoms with Crippen LogP contribution in [0.5, 0.6) is 5.75 Å². The van der Waals surface area contributed by atoms with Crippen molar-refractivity contribution in [2.75, 3.05) is 13.1 Å². The van der Waals surface area contributed by atoms with Gasteiger partial charge in [0, 0.05) is 30.7 Å². The third-order valence-electron chi connectivity index (χ3n) is 5.16. The lowest BCUT2D eigenvalue weighted by Crippen LogP contribution is -2.39. The third kappa shape index (κ3) is 4.37. The number of nitrogens with one attached hydrogen (secondary N) is 1. The van der Waals surface area contributed by atoms with Crippen molar-refractivity contribution in [3.8, 4) is 5.75 Å². The standard InChI is InChI=1S/C21H24N2O2.ClH/c24-21(23-13-12-18-10-11-19(14-23)22-18)17-8-6-16(7-9-17)15-25-20-4-2-1-3-5-20;/h1-9,18-19,22H,10-15H2;1H. The van der Waals surface area contributed by atoms with Crippen molar-refractivity contribution in [3.63, 3.8) is 0 Å². The summed E-state index contributed by atoms with van der Waals surface area (Å²) in [6.07, 6.45) is 3.50. The zero-order chi connectivity index (χ0) is 17.1. The summed E-state index contributed by atoms with van der Waals surface area (Å²) in [5.74, 6) is 1.000. The first-order valence-corrected chi connectivity index (χ1v) is 9.10. The van der Waals surface area contributed by atoms with Gasteiger partial charge in [0.2, 0.25) is 0 Å². The topological polar surface area (TPSA) is 41.6 Å². The van der Waals surface area contributed by atoms with E-state index in [2.05, 4.69) is 5.32 Å². The Morgan fingerprint density at radius 1 is 1.00 bits per heavy atom. The lowest BCUT2D eigenvalue weighted by molar-refractivity contribution is 0.0748. The van der Waals surface area contributed by atoms with Crippen molar-refractivity contribution >= 4 is 18.3 Å². The molecule has 0 aromatic heterocycles. The molecule has 5 heteroatoms. The van der Waals surface area contributed by atoms with Crippen LogP contribution in [0.15, 0.2) is 54.6 Å². The minimum Gasteiger partial charge on any atom is -0.489 e. The predicted octanol–water partition coefficient (Wildman–Crippen LogP) is 3.65. The average Bonchev–Trinajstić information content (AvgIpc) is 2.99. The van der Waals surface area contributed by atoms with Crippen molar-refractivity contribution in [3.05, 3.63) is 65.7 Å². The summed E-state index contributed by atoms with van der Waals surface area (Å²) in [6.45, 7) is 2.19. The molecule has 2 fully saturated rings. The maximum Gasteiger partial charge on any atom is 0.253 e. The number of hydrogen-bond acceptors (Lipinski definition) is 3. The molecule has 1 amide bonds. The van der Waals surface area contributed by atoms with Gasteiger partial charge in [-0.25, -0.2) is 0 Å². The van der Waals surface area contributed by atoms with Gasteiger partial charge in [-0.1, -0.05) is 30.3 Å². The SMILES string of the molecule is Cl.O=C(c1ccc(COc2ccccc2)cc1)N1CCC2CCC(C1)N2. The molecular formula is C21H25ClN2O2. The fraction of sp³-hybridized carbons (Fsp3) is 0.381. The largest absolute Gasteiger partial charge is 0.489 e. The Morgan fingerprint density at radius 3 is 2.50 bits per heavy atom. The maximum absolute atomic E-state index is 12.8. The van der Waals surface area contributed by atoms with Gasteiger partial charge in [0.25, 0.3) is 5.91 Å². The minimum atomic E-state index is 0. The van der Waals surface area contributed by atoms with E-state index in [1.54, 1.807) is 0 Å². The molecule has 0 aliphatic carbocycles. The number of rotatable bonds is 4. The van der Waals surface area contributed by atoms with Crippen LogP contribution in [0.3, 0.4) is 0 Å². The molecule has 2 heterocycles. The van der Waals surface area contributed by atoms with Gasteiger partial charge in [-0.3, -0.25) is 4.79 Å². The molecule has 2 atom stereocenters. The summed E-state index contributed by atoms with van der Waals surface area (Å²) in [5.41, 5.74) is 1.83. The van der Waals surface area contributed by atoms with Crippen molar-refractivity contribution in [2.24, 2.45) is 0 Å². The summed E-state index contributed by atoms with van der Waals surface area (Å²) in [6, 6.07) is 18.6. The summed E-state index contributed by atoms with van der Waals surface area (Å²) < 4.78 is 5.76. The number of carbonyl (C=O) groups is 1. The molecule has 0 radical (unpaired) electrons. The normalized spacial score (nSPS) is 21.6. The minimum absolute atomic E-state index is 0. The van der Waals surface area contributed by atoms with Crippen LogP contribution >= 0.6 is 12.4 Å². The van der Waals surface area contributed by atoms with E-state index in [-0.39, 0.29) is 18.3 Å². The van der Waals surface area contributed by atoms with Gasteiger partial charge in [0.15, 0.2) is 0 Å². The van der Waals surface area contributed by atoms with Gasteiger partial charge in [-0.15, -0.1) is 12.4 Å². The molecular weight excluding hydrogens is 348 g/mol. The lowest BCUT2D eigenvalue weighted by atomic mass is 10.1. The van der Waals surface area contributed by atoms with Crippen LogP contribution in [0.4, 0.5) is 0 Å². The highest BCUT2D eigenvalue weighted by atomic mass is 35.5. The number of benzene rings is 2. The Balaban J connectivity index is 0.00000196. The molecule has 2 aliphatic heterocycles. The van der Waals surface area contributed by atoms with E-state index in [0.717, 1.165) is 36.4 Å². The Bertz CT molecular complexity index is 721. The predicted molar refractivity (Wildman–Crippen MR) is 105 cm³/mol. The number of carbonyl (C=O) groups excluding carboxylic acids is 1. The Kier molecular flexibility index (Phi) is 6.17. The van der Waals surface area contributed by atoms with E-state index in [0.29, 0.717) is 18.7 Å². The Hall–Kier alpha value is -2.04. The number of likely N-dealkylation sites (tertiary alicyclic amines) is 1. The fourth-order valence-corrected chi connectivity index (χ4v) is 3.74. The van der Waals surface area contributed by atoms with E-state index in [1.807, 2.05) is 59.5 Å². The second-order valence-corrected chi connectivity index (χ2v) is 6.98. The first-order valence-electron chi connectivity index (χ1n) is 9.10. The second kappa shape index (κ2) is 8.56. The second-order valence-electron chi connectivity index (χ2n) is 6.98. The Labute approximate surface area is 160 Å². The van der Waals surface area contributed by atoms with E-state index < -0.39 is 0 Å². The molecule has 2 saturated heterocycles. The average molecular weight is 373 g/mol. The van der Waals surface area contributed by atoms with Crippen molar-refractivity contribution in [2.45, 2.75) is 38.0 Å². The highest BCUT2D eigenvalue weighted by Gasteiger charge is 2.31. The first kappa shape index (κ1) is 18.7. The number of hydrogen-bond donors (Lipinski definition) is 1. The molecule has 4 rings (SSSR count). The summed E-state index contributed by atoms with van der Waals surface area (Å²) in [7, 11) is 0. The van der Waals surface area contributed by atoms with Crippen LogP contribution in [0, 0.1) is 0 Å². The van der Waals surface area contributed by atoms with Crippen molar-refractivity contribution in [1.82, 2.24) is 10.2 Å². The van der Waals surface area contributed by atoms with Crippen LogP contribution in [0.25, 0.3) is 0 Å². The molecule has 2 unspecified atom stereocenters. The van der Waals surface area contributed by atoms with Crippen molar-refractivity contribution < 1.29 is 9.53 Å². The van der Waals surface area contributed by atoms with Gasteiger partial charge < -0.3 is 15.0 Å².